The number of aryl methyl sites for hydroxylation is 1. The molecule has 0 saturated heterocycles. The zero-order valence-corrected chi connectivity index (χ0v) is 25.6. The van der Waals surface area contributed by atoms with Gasteiger partial charge in [0.25, 0.3) is 10.0 Å². The van der Waals surface area contributed by atoms with Crippen LogP contribution in [0.5, 0.6) is 0 Å². The maximum Gasteiger partial charge on any atom is 0.264 e. The topological polar surface area (TPSA) is 86.8 Å². The number of hydrogen-bond acceptors (Lipinski definition) is 4. The van der Waals surface area contributed by atoms with Gasteiger partial charge in [-0.1, -0.05) is 60.0 Å². The monoisotopic (exact) mass is 603 g/mol. The molecule has 10 heteroatoms. The van der Waals surface area contributed by atoms with Gasteiger partial charge in [0.05, 0.1) is 10.6 Å². The summed E-state index contributed by atoms with van der Waals surface area (Å²) in [6.45, 7) is 8.82. The van der Waals surface area contributed by atoms with Gasteiger partial charge in [0, 0.05) is 22.1 Å². The fourth-order valence-electron chi connectivity index (χ4n) is 4.13. The summed E-state index contributed by atoms with van der Waals surface area (Å²) in [6.07, 6.45) is 0.326. The van der Waals surface area contributed by atoms with Crippen LogP contribution in [-0.2, 0) is 26.2 Å². The Labute approximate surface area is 247 Å². The van der Waals surface area contributed by atoms with Crippen LogP contribution in [0.3, 0.4) is 0 Å². The Kier molecular flexibility index (Phi) is 10.3. The van der Waals surface area contributed by atoms with Crippen molar-refractivity contribution in [1.29, 1.82) is 0 Å². The number of nitrogens with one attached hydrogen (secondary N) is 1. The molecule has 0 aromatic heterocycles. The predicted octanol–water partition coefficient (Wildman–Crippen LogP) is 6.22. The van der Waals surface area contributed by atoms with E-state index in [0.29, 0.717) is 16.5 Å². The van der Waals surface area contributed by atoms with E-state index < -0.39 is 34.1 Å². The van der Waals surface area contributed by atoms with Crippen LogP contribution in [0.25, 0.3) is 0 Å². The van der Waals surface area contributed by atoms with Crippen LogP contribution in [0.15, 0.2) is 77.7 Å². The van der Waals surface area contributed by atoms with E-state index in [0.717, 1.165) is 15.4 Å². The molecule has 3 aromatic carbocycles. The smallest absolute Gasteiger partial charge is 0.264 e. The molecule has 0 heterocycles. The van der Waals surface area contributed by atoms with Crippen LogP contribution in [0, 0.1) is 6.92 Å². The van der Waals surface area contributed by atoms with Gasteiger partial charge in [0.15, 0.2) is 0 Å². The third-order valence-electron chi connectivity index (χ3n) is 6.15. The van der Waals surface area contributed by atoms with E-state index in [1.807, 2.05) is 34.6 Å². The van der Waals surface area contributed by atoms with Crippen molar-refractivity contribution in [2.24, 2.45) is 0 Å². The molecule has 0 radical (unpaired) electrons. The standard InChI is InChI=1S/C30H35Cl2N3O4S/c1-6-27(29(37)33-30(3,4)5)34(19-22-9-11-23(31)12-10-22)28(36)20-35(25-15-13-24(32)14-16-25)40(38,39)26-17-7-21(2)8-18-26/h7-18,27H,6,19-20H2,1-5H3,(H,33,37). The summed E-state index contributed by atoms with van der Waals surface area (Å²) in [5.41, 5.74) is 1.40. The Morgan fingerprint density at radius 2 is 1.40 bits per heavy atom. The highest BCUT2D eigenvalue weighted by molar-refractivity contribution is 7.92. The van der Waals surface area contributed by atoms with Crippen molar-refractivity contribution in [2.75, 3.05) is 10.8 Å². The molecule has 3 aromatic rings. The number of halogens is 2. The number of carbonyl (C=O) groups excluding carboxylic acids is 2. The SMILES string of the molecule is CCC(C(=O)NC(C)(C)C)N(Cc1ccc(Cl)cc1)C(=O)CN(c1ccc(Cl)cc1)S(=O)(=O)c1ccc(C)cc1. The lowest BCUT2D eigenvalue weighted by Gasteiger charge is -2.34. The van der Waals surface area contributed by atoms with E-state index >= 15 is 0 Å². The second-order valence-corrected chi connectivity index (χ2v) is 13.3. The summed E-state index contributed by atoms with van der Waals surface area (Å²) in [7, 11) is -4.15. The minimum atomic E-state index is -4.15. The third kappa shape index (κ3) is 8.22. The van der Waals surface area contributed by atoms with E-state index in [2.05, 4.69) is 5.32 Å². The number of amides is 2. The number of hydrogen-bond donors (Lipinski definition) is 1. The van der Waals surface area contributed by atoms with Crippen LogP contribution < -0.4 is 9.62 Å². The Balaban J connectivity index is 2.06. The van der Waals surface area contributed by atoms with E-state index in [1.54, 1.807) is 60.7 Å². The fraction of sp³-hybridized carbons (Fsp3) is 0.333. The molecule has 3 rings (SSSR count). The molecule has 0 saturated carbocycles. The van der Waals surface area contributed by atoms with Gasteiger partial charge in [-0.3, -0.25) is 13.9 Å². The van der Waals surface area contributed by atoms with Crippen molar-refractivity contribution in [3.63, 3.8) is 0 Å². The Hall–Kier alpha value is -3.07. The van der Waals surface area contributed by atoms with Gasteiger partial charge in [0.1, 0.15) is 12.6 Å². The molecular weight excluding hydrogens is 569 g/mol. The third-order valence-corrected chi connectivity index (χ3v) is 8.44. The van der Waals surface area contributed by atoms with E-state index in [9.17, 15) is 18.0 Å². The lowest BCUT2D eigenvalue weighted by molar-refractivity contribution is -0.141. The lowest BCUT2D eigenvalue weighted by Crippen LogP contribution is -2.55. The zero-order valence-electron chi connectivity index (χ0n) is 23.3. The van der Waals surface area contributed by atoms with E-state index in [-0.39, 0.29) is 23.0 Å². The molecular formula is C30H35Cl2N3O4S. The molecule has 1 unspecified atom stereocenters. The average molecular weight is 605 g/mol. The first kappa shape index (κ1) is 31.5. The number of nitrogens with zero attached hydrogens (tertiary/aromatic N) is 2. The molecule has 0 spiro atoms. The first-order valence-corrected chi connectivity index (χ1v) is 15.1. The van der Waals surface area contributed by atoms with Gasteiger partial charge < -0.3 is 10.2 Å². The number of carbonyl (C=O) groups is 2. The summed E-state index contributed by atoms with van der Waals surface area (Å²) in [5.74, 6) is -0.853. The Morgan fingerprint density at radius 3 is 1.90 bits per heavy atom. The summed E-state index contributed by atoms with van der Waals surface area (Å²) in [5, 5.41) is 3.92. The molecule has 0 aliphatic heterocycles. The van der Waals surface area contributed by atoms with Gasteiger partial charge in [-0.15, -0.1) is 0 Å². The number of sulfonamides is 1. The predicted molar refractivity (Wildman–Crippen MR) is 161 cm³/mol. The first-order valence-electron chi connectivity index (χ1n) is 12.9. The zero-order chi connectivity index (χ0) is 29.7. The molecule has 214 valence electrons. The second-order valence-electron chi connectivity index (χ2n) is 10.6. The first-order chi connectivity index (χ1) is 18.7. The molecule has 0 fully saturated rings. The number of anilines is 1. The average Bonchev–Trinajstić information content (AvgIpc) is 2.88. The quantitative estimate of drug-likeness (QED) is 0.298. The van der Waals surface area contributed by atoms with Crippen molar-refractivity contribution in [3.05, 3.63) is 94.0 Å². The fourth-order valence-corrected chi connectivity index (χ4v) is 5.80. The van der Waals surface area contributed by atoms with E-state index in [1.165, 1.54) is 17.0 Å². The molecule has 7 nitrogen and oxygen atoms in total. The minimum Gasteiger partial charge on any atom is -0.350 e. The van der Waals surface area contributed by atoms with Crippen molar-refractivity contribution in [3.8, 4) is 0 Å². The maximum absolute atomic E-state index is 14.1. The van der Waals surface area contributed by atoms with Gasteiger partial charge in [-0.2, -0.15) is 0 Å². The van der Waals surface area contributed by atoms with E-state index in [4.69, 9.17) is 23.2 Å². The van der Waals surface area contributed by atoms with Crippen LogP contribution >= 0.6 is 23.2 Å². The molecule has 1 N–H and O–H groups in total. The molecule has 40 heavy (non-hydrogen) atoms. The van der Waals surface area contributed by atoms with Crippen LogP contribution in [-0.4, -0.2) is 43.3 Å². The van der Waals surface area contributed by atoms with Gasteiger partial charge in [-0.25, -0.2) is 8.42 Å². The molecule has 0 aliphatic carbocycles. The van der Waals surface area contributed by atoms with Gasteiger partial charge >= 0.3 is 0 Å². The number of benzene rings is 3. The summed E-state index contributed by atoms with van der Waals surface area (Å²) in [6, 6.07) is 18.8. The number of rotatable bonds is 10. The largest absolute Gasteiger partial charge is 0.350 e. The molecule has 2 amide bonds. The maximum atomic E-state index is 14.1. The van der Waals surface area contributed by atoms with Gasteiger partial charge in [0.2, 0.25) is 11.8 Å². The lowest BCUT2D eigenvalue weighted by atomic mass is 10.1. The highest BCUT2D eigenvalue weighted by atomic mass is 35.5. The van der Waals surface area contributed by atoms with Gasteiger partial charge in [-0.05, 0) is 88.2 Å². The van der Waals surface area contributed by atoms with Crippen LogP contribution in [0.1, 0.15) is 45.2 Å². The molecule has 0 aliphatic rings. The molecule has 1 atom stereocenters. The second kappa shape index (κ2) is 13.1. The van der Waals surface area contributed by atoms with Crippen molar-refractivity contribution in [1.82, 2.24) is 10.2 Å². The Morgan fingerprint density at radius 1 is 0.875 bits per heavy atom. The summed E-state index contributed by atoms with van der Waals surface area (Å²) < 4.78 is 28.8. The van der Waals surface area contributed by atoms with Crippen molar-refractivity contribution >= 4 is 50.7 Å². The highest BCUT2D eigenvalue weighted by Crippen LogP contribution is 2.26. The normalized spacial score (nSPS) is 12.5. The Bertz CT molecular complexity index is 1420. The van der Waals surface area contributed by atoms with Crippen molar-refractivity contribution in [2.45, 2.75) is 64.1 Å². The van der Waals surface area contributed by atoms with Crippen LogP contribution in [0.2, 0.25) is 10.0 Å². The van der Waals surface area contributed by atoms with Crippen LogP contribution in [0.4, 0.5) is 5.69 Å². The minimum absolute atomic E-state index is 0.0441. The van der Waals surface area contributed by atoms with Crippen molar-refractivity contribution < 1.29 is 18.0 Å². The summed E-state index contributed by atoms with van der Waals surface area (Å²) >= 11 is 12.1. The summed E-state index contributed by atoms with van der Waals surface area (Å²) in [4.78, 5) is 28.9. The molecule has 0 bridgehead atoms. The highest BCUT2D eigenvalue weighted by Gasteiger charge is 2.34.